The zero-order valence-electron chi connectivity index (χ0n) is 14.2. The van der Waals surface area contributed by atoms with Gasteiger partial charge in [0, 0.05) is 61.9 Å². The number of carbonyl (C=O) groups excluding carboxylic acids is 1. The number of aromatic nitrogens is 4. The fourth-order valence-corrected chi connectivity index (χ4v) is 3.70. The predicted octanol–water partition coefficient (Wildman–Crippen LogP) is 1.89. The summed E-state index contributed by atoms with van der Waals surface area (Å²) in [7, 11) is 0. The molecule has 0 unspecified atom stereocenters. The van der Waals surface area contributed by atoms with E-state index in [0.717, 1.165) is 35.3 Å². The lowest BCUT2D eigenvalue weighted by molar-refractivity contribution is -0.130. The minimum atomic E-state index is 0.113. The number of hydrogen-bond acceptors (Lipinski definition) is 7. The van der Waals surface area contributed by atoms with Crippen molar-refractivity contribution in [3.8, 4) is 10.6 Å². The van der Waals surface area contributed by atoms with Gasteiger partial charge in [-0.2, -0.15) is 0 Å². The lowest BCUT2D eigenvalue weighted by atomic mass is 10.2. The minimum Gasteiger partial charge on any atom is -0.339 e. The molecule has 1 fully saturated rings. The molecule has 3 aromatic rings. The molecule has 0 N–H and O–H groups in total. The largest absolute Gasteiger partial charge is 0.339 e. The summed E-state index contributed by atoms with van der Waals surface area (Å²) < 4.78 is 0. The number of nitrogens with zero attached hydrogens (tertiary/aromatic N) is 6. The molecule has 0 radical (unpaired) electrons. The molecule has 1 aliphatic rings. The van der Waals surface area contributed by atoms with Crippen molar-refractivity contribution in [1.82, 2.24) is 24.8 Å². The van der Waals surface area contributed by atoms with Crippen LogP contribution in [-0.4, -0.2) is 56.9 Å². The second-order valence-corrected chi connectivity index (χ2v) is 6.84. The van der Waals surface area contributed by atoms with Crippen LogP contribution in [0.2, 0.25) is 0 Å². The van der Waals surface area contributed by atoms with Crippen LogP contribution in [0.5, 0.6) is 0 Å². The van der Waals surface area contributed by atoms with E-state index in [-0.39, 0.29) is 5.91 Å². The lowest BCUT2D eigenvalue weighted by Crippen LogP contribution is -2.49. The number of anilines is 1. The maximum absolute atomic E-state index is 12.6. The molecule has 0 atom stereocenters. The molecule has 0 aliphatic carbocycles. The Morgan fingerprint density at radius 2 is 1.88 bits per heavy atom. The van der Waals surface area contributed by atoms with Gasteiger partial charge in [-0.25, -0.2) is 15.0 Å². The van der Waals surface area contributed by atoms with Crippen LogP contribution >= 0.6 is 11.3 Å². The lowest BCUT2D eigenvalue weighted by Gasteiger charge is -2.34. The van der Waals surface area contributed by atoms with E-state index in [9.17, 15) is 4.79 Å². The van der Waals surface area contributed by atoms with Crippen molar-refractivity contribution in [2.24, 2.45) is 0 Å². The highest BCUT2D eigenvalue weighted by molar-refractivity contribution is 7.13. The third-order valence-corrected chi connectivity index (χ3v) is 5.20. The second-order valence-electron chi connectivity index (χ2n) is 5.98. The molecule has 4 heterocycles. The van der Waals surface area contributed by atoms with Crippen LogP contribution in [0.1, 0.15) is 5.69 Å². The third kappa shape index (κ3) is 3.70. The predicted molar refractivity (Wildman–Crippen MR) is 99.9 cm³/mol. The average Bonchev–Trinajstić information content (AvgIpc) is 3.18. The van der Waals surface area contributed by atoms with Gasteiger partial charge in [0.2, 0.25) is 11.9 Å². The summed E-state index contributed by atoms with van der Waals surface area (Å²) >= 11 is 1.54. The highest BCUT2D eigenvalue weighted by Gasteiger charge is 2.23. The van der Waals surface area contributed by atoms with Crippen LogP contribution in [0.25, 0.3) is 10.6 Å². The van der Waals surface area contributed by atoms with Crippen LogP contribution in [0, 0.1) is 0 Å². The van der Waals surface area contributed by atoms with Crippen LogP contribution in [-0.2, 0) is 11.2 Å². The summed E-state index contributed by atoms with van der Waals surface area (Å²) in [5, 5.41) is 2.85. The number of piperazine rings is 1. The molecule has 4 rings (SSSR count). The molecular weight excluding hydrogens is 348 g/mol. The molecular formula is C18H18N6OS. The van der Waals surface area contributed by atoms with Crippen molar-refractivity contribution in [3.05, 3.63) is 54.1 Å². The third-order valence-electron chi connectivity index (χ3n) is 4.26. The molecule has 1 amide bonds. The van der Waals surface area contributed by atoms with Gasteiger partial charge in [0.05, 0.1) is 12.1 Å². The van der Waals surface area contributed by atoms with Crippen molar-refractivity contribution in [3.63, 3.8) is 0 Å². The summed E-state index contributed by atoms with van der Waals surface area (Å²) in [6.07, 6.45) is 7.33. The second kappa shape index (κ2) is 7.57. The number of thiazole rings is 1. The highest BCUT2D eigenvalue weighted by Crippen LogP contribution is 2.23. The van der Waals surface area contributed by atoms with E-state index in [2.05, 4.69) is 24.8 Å². The molecule has 0 spiro atoms. The van der Waals surface area contributed by atoms with Crippen molar-refractivity contribution >= 4 is 23.2 Å². The van der Waals surface area contributed by atoms with Gasteiger partial charge in [0.15, 0.2) is 0 Å². The summed E-state index contributed by atoms with van der Waals surface area (Å²) in [5.41, 5.74) is 1.79. The van der Waals surface area contributed by atoms with E-state index in [4.69, 9.17) is 0 Å². The average molecular weight is 366 g/mol. The summed E-state index contributed by atoms with van der Waals surface area (Å²) in [4.78, 5) is 33.8. The van der Waals surface area contributed by atoms with Crippen LogP contribution in [0.3, 0.4) is 0 Å². The van der Waals surface area contributed by atoms with Gasteiger partial charge < -0.3 is 9.80 Å². The van der Waals surface area contributed by atoms with Gasteiger partial charge in [0.1, 0.15) is 5.01 Å². The Hall–Kier alpha value is -2.87. The standard InChI is InChI=1S/C18H18N6OS/c25-16(11-15-13-26-17(22-15)14-3-1-4-19-12-14)23-7-9-24(10-8-23)18-20-5-2-6-21-18/h1-6,12-13H,7-11H2. The zero-order valence-corrected chi connectivity index (χ0v) is 15.0. The summed E-state index contributed by atoms with van der Waals surface area (Å²) in [6, 6.07) is 5.66. The van der Waals surface area contributed by atoms with Crippen molar-refractivity contribution in [2.75, 3.05) is 31.1 Å². The van der Waals surface area contributed by atoms with E-state index in [0.29, 0.717) is 19.5 Å². The number of amides is 1. The Bertz CT molecular complexity index is 862. The molecule has 1 saturated heterocycles. The van der Waals surface area contributed by atoms with Crippen LogP contribution in [0.4, 0.5) is 5.95 Å². The molecule has 0 aromatic carbocycles. The van der Waals surface area contributed by atoms with E-state index < -0.39 is 0 Å². The van der Waals surface area contributed by atoms with Crippen LogP contribution in [0.15, 0.2) is 48.4 Å². The van der Waals surface area contributed by atoms with E-state index >= 15 is 0 Å². The first-order valence-corrected chi connectivity index (χ1v) is 9.32. The minimum absolute atomic E-state index is 0.113. The monoisotopic (exact) mass is 366 g/mol. The van der Waals surface area contributed by atoms with E-state index in [1.54, 1.807) is 42.2 Å². The van der Waals surface area contributed by atoms with E-state index in [1.165, 1.54) is 0 Å². The summed E-state index contributed by atoms with van der Waals surface area (Å²) in [6.45, 7) is 2.84. The van der Waals surface area contributed by atoms with Gasteiger partial charge >= 0.3 is 0 Å². The van der Waals surface area contributed by atoms with Gasteiger partial charge in [-0.05, 0) is 18.2 Å². The number of pyridine rings is 1. The maximum atomic E-state index is 12.6. The Labute approximate surface area is 155 Å². The van der Waals surface area contributed by atoms with Gasteiger partial charge in [-0.1, -0.05) is 0 Å². The van der Waals surface area contributed by atoms with Gasteiger partial charge in [0.25, 0.3) is 0 Å². The fourth-order valence-electron chi connectivity index (χ4n) is 2.89. The Morgan fingerprint density at radius 1 is 1.08 bits per heavy atom. The molecule has 132 valence electrons. The Balaban J connectivity index is 1.34. The molecule has 0 saturated carbocycles. The number of carbonyl (C=O) groups is 1. The Morgan fingerprint density at radius 3 is 2.62 bits per heavy atom. The molecule has 7 nitrogen and oxygen atoms in total. The van der Waals surface area contributed by atoms with Gasteiger partial charge in [-0.3, -0.25) is 9.78 Å². The SMILES string of the molecule is O=C(Cc1csc(-c2cccnc2)n1)N1CCN(c2ncccn2)CC1. The Kier molecular flexibility index (Phi) is 4.83. The molecule has 0 bridgehead atoms. The van der Waals surface area contributed by atoms with Gasteiger partial charge in [-0.15, -0.1) is 11.3 Å². The maximum Gasteiger partial charge on any atom is 0.228 e. The first-order valence-electron chi connectivity index (χ1n) is 8.44. The highest BCUT2D eigenvalue weighted by atomic mass is 32.1. The normalized spacial score (nSPS) is 14.5. The first-order chi connectivity index (χ1) is 12.8. The zero-order chi connectivity index (χ0) is 17.8. The van der Waals surface area contributed by atoms with E-state index in [1.807, 2.05) is 22.4 Å². The molecule has 8 heteroatoms. The number of hydrogen-bond donors (Lipinski definition) is 0. The quantitative estimate of drug-likeness (QED) is 0.702. The van der Waals surface area contributed by atoms with Crippen LogP contribution < -0.4 is 4.90 Å². The van der Waals surface area contributed by atoms with Crippen molar-refractivity contribution in [1.29, 1.82) is 0 Å². The molecule has 26 heavy (non-hydrogen) atoms. The topological polar surface area (TPSA) is 75.1 Å². The van der Waals surface area contributed by atoms with Crippen molar-refractivity contribution in [2.45, 2.75) is 6.42 Å². The molecule has 3 aromatic heterocycles. The molecule has 1 aliphatic heterocycles. The first kappa shape index (κ1) is 16.6. The smallest absolute Gasteiger partial charge is 0.228 e. The summed E-state index contributed by atoms with van der Waals surface area (Å²) in [5.74, 6) is 0.835. The number of rotatable bonds is 4. The van der Waals surface area contributed by atoms with Crippen molar-refractivity contribution < 1.29 is 4.79 Å². The fraction of sp³-hybridized carbons (Fsp3) is 0.278.